The van der Waals surface area contributed by atoms with E-state index >= 15 is 9.59 Å². The van der Waals surface area contributed by atoms with Crippen LogP contribution in [0.3, 0.4) is 0 Å². The summed E-state index contributed by atoms with van der Waals surface area (Å²) in [5, 5.41) is 10.3. The van der Waals surface area contributed by atoms with Crippen molar-refractivity contribution in [3.05, 3.63) is 72.3 Å². The van der Waals surface area contributed by atoms with Gasteiger partial charge in [0.15, 0.2) is 0 Å². The number of ether oxygens (including phenoxy) is 2. The first kappa shape index (κ1) is 60.7. The summed E-state index contributed by atoms with van der Waals surface area (Å²) in [6, 6.07) is 2.10. The molecule has 2 aromatic heterocycles. The molecule has 6 rings (SSSR count). The van der Waals surface area contributed by atoms with Crippen molar-refractivity contribution < 1.29 is 57.4 Å². The van der Waals surface area contributed by atoms with Crippen LogP contribution in [0.1, 0.15) is 76.4 Å². The van der Waals surface area contributed by atoms with E-state index in [0.717, 1.165) is 19.6 Å². The Hall–Kier alpha value is -7.48. The van der Waals surface area contributed by atoms with Gasteiger partial charge < -0.3 is 50.3 Å². The lowest BCUT2D eigenvalue weighted by Gasteiger charge is -2.38. The first-order chi connectivity index (χ1) is 37.2. The SMILES string of the molecule is CC(C)[C@H]1C(=O)OC[C@@H](NC(=O)c2cnc3ccccc3n2)C(=O)N[C@@H](C)C(=O)N(C)[C@H]2CSC(C)(C)SC[C@@H](C(=O)N1C)N(C)C(=O)[C@H](C)NC(=O)[C@H](NC(=O)c1cnc3ccccc3n1)COC(=O)[C@H](C(C)C)N(C)C2=O. The van der Waals surface area contributed by atoms with E-state index in [1.165, 1.54) is 78.0 Å². The molecule has 8 amide bonds. The molecule has 0 saturated carbocycles. The van der Waals surface area contributed by atoms with E-state index in [1.54, 1.807) is 76.2 Å². The Labute approximate surface area is 466 Å². The molecule has 0 aliphatic carbocycles. The topological polar surface area (TPSA) is 302 Å². The fraction of sp³-hybridized carbons (Fsp3) is 0.509. The van der Waals surface area contributed by atoms with Crippen LogP contribution < -0.4 is 21.3 Å². The average Bonchev–Trinajstić information content (AvgIpc) is 3.44. The van der Waals surface area contributed by atoms with E-state index in [2.05, 4.69) is 41.2 Å². The van der Waals surface area contributed by atoms with Crippen molar-refractivity contribution in [3.63, 3.8) is 0 Å². The maximum absolute atomic E-state index is 15.0. The molecular formula is C53H68N12O12S2. The smallest absolute Gasteiger partial charge is 0.329 e. The van der Waals surface area contributed by atoms with E-state index in [4.69, 9.17) is 9.47 Å². The van der Waals surface area contributed by atoms with E-state index in [0.29, 0.717) is 22.1 Å². The van der Waals surface area contributed by atoms with Gasteiger partial charge in [-0.2, -0.15) is 0 Å². The fourth-order valence-corrected chi connectivity index (χ4v) is 11.5. The average molecular weight is 1130 g/mol. The molecule has 2 aliphatic rings. The number of fused-ring (bicyclic) bond motifs is 8. The van der Waals surface area contributed by atoms with Crippen LogP contribution in [0.4, 0.5) is 0 Å². The van der Waals surface area contributed by atoms with Crippen molar-refractivity contribution in [1.82, 2.24) is 60.8 Å². The van der Waals surface area contributed by atoms with Crippen molar-refractivity contribution >= 4 is 105 Å². The van der Waals surface area contributed by atoms with Gasteiger partial charge in [-0.05, 0) is 63.8 Å². The number of nitrogens with zero attached hydrogens (tertiary/aromatic N) is 8. The highest BCUT2D eigenvalue weighted by molar-refractivity contribution is 8.18. The second kappa shape index (κ2) is 26.0. The molecule has 0 spiro atoms. The number of hydrogen-bond acceptors (Lipinski definition) is 18. The van der Waals surface area contributed by atoms with Gasteiger partial charge in [-0.25, -0.2) is 19.6 Å². The number of amides is 8. The first-order valence-corrected chi connectivity index (χ1v) is 27.5. The maximum atomic E-state index is 15.0. The van der Waals surface area contributed by atoms with Gasteiger partial charge in [-0.3, -0.25) is 48.3 Å². The highest BCUT2D eigenvalue weighted by atomic mass is 32.2. The number of hydrogen-bond donors (Lipinski definition) is 4. The molecule has 4 N–H and O–H groups in total. The molecule has 79 heavy (non-hydrogen) atoms. The number of esters is 2. The summed E-state index contributed by atoms with van der Waals surface area (Å²) in [7, 11) is 5.43. The highest BCUT2D eigenvalue weighted by Crippen LogP contribution is 2.39. The predicted molar refractivity (Wildman–Crippen MR) is 294 cm³/mol. The Morgan fingerprint density at radius 3 is 1.25 bits per heavy atom. The summed E-state index contributed by atoms with van der Waals surface area (Å²) in [5.74, 6) is -10.1. The van der Waals surface area contributed by atoms with Gasteiger partial charge in [0, 0.05) is 39.7 Å². The summed E-state index contributed by atoms with van der Waals surface area (Å²) in [5.41, 5.74) is 1.38. The molecule has 2 bridgehead atoms. The molecule has 424 valence electrons. The molecule has 2 aromatic carbocycles. The van der Waals surface area contributed by atoms with Crippen LogP contribution in [0.2, 0.25) is 0 Å². The van der Waals surface area contributed by atoms with Gasteiger partial charge in [-0.15, -0.1) is 23.5 Å². The second-order valence-corrected chi connectivity index (χ2v) is 24.0. The van der Waals surface area contributed by atoms with E-state index < -0.39 is 137 Å². The summed E-state index contributed by atoms with van der Waals surface area (Å²) < 4.78 is 10.6. The van der Waals surface area contributed by atoms with E-state index in [-0.39, 0.29) is 22.9 Å². The number of para-hydroxylation sites is 4. The minimum absolute atomic E-state index is 0.107. The number of carbonyl (C=O) groups excluding carboxylic acids is 10. The van der Waals surface area contributed by atoms with Gasteiger partial charge in [-0.1, -0.05) is 52.0 Å². The largest absolute Gasteiger partial charge is 0.461 e. The normalized spacial score (nSPS) is 25.1. The summed E-state index contributed by atoms with van der Waals surface area (Å²) in [6.07, 6.45) is 2.41. The number of cyclic esters (lactones) is 2. The van der Waals surface area contributed by atoms with Crippen molar-refractivity contribution in [2.75, 3.05) is 52.9 Å². The van der Waals surface area contributed by atoms with Gasteiger partial charge in [0.2, 0.25) is 35.4 Å². The number of rotatable bonds is 6. The Morgan fingerprint density at radius 1 is 0.570 bits per heavy atom. The molecule has 8 atom stereocenters. The molecule has 2 saturated heterocycles. The quantitative estimate of drug-likeness (QED) is 0.199. The minimum atomic E-state index is -1.66. The third kappa shape index (κ3) is 14.6. The Balaban J connectivity index is 1.43. The van der Waals surface area contributed by atoms with Crippen LogP contribution in [-0.2, 0) is 47.8 Å². The van der Waals surface area contributed by atoms with Gasteiger partial charge in [0.1, 0.15) is 72.9 Å². The van der Waals surface area contributed by atoms with Crippen molar-refractivity contribution in [1.29, 1.82) is 0 Å². The zero-order chi connectivity index (χ0) is 58.2. The van der Waals surface area contributed by atoms with Crippen LogP contribution in [0.5, 0.6) is 0 Å². The number of likely N-dealkylation sites (N-methyl/N-ethyl adjacent to an activating group) is 4. The Morgan fingerprint density at radius 2 is 0.911 bits per heavy atom. The van der Waals surface area contributed by atoms with Crippen molar-refractivity contribution in [2.45, 2.75) is 108 Å². The van der Waals surface area contributed by atoms with Crippen LogP contribution in [0, 0.1) is 11.8 Å². The number of nitrogens with one attached hydrogen (secondary N) is 4. The third-order valence-electron chi connectivity index (χ3n) is 13.5. The molecule has 0 radical (unpaired) electrons. The molecule has 4 aromatic rings. The standard InChI is InChI=1S/C53H68N12O12S2/c1-27(2)41-51(74)76-23-37(60-43(66)35-21-54-31-17-13-15-19-33(31)58-35)45(68)56-30(6)48(71)63(10)40-26-79-53(7,8)78-25-39(49(72)64(41)11)62(9)47(70)29(5)57-46(69)38(24-77-52(75)42(28(3)4)65(12)50(40)73)61-44(67)36-22-55-32-18-14-16-20-34(32)59-36/h13-22,27-30,37-42H,23-26H2,1-12H3,(H,56,68)(H,57,69)(H,60,66)(H,61,67)/t29-,30-,37+,38+,39-,40-,41-,42-/m0/s1. The Kier molecular flexibility index (Phi) is 20.0. The maximum Gasteiger partial charge on any atom is 0.329 e. The van der Waals surface area contributed by atoms with E-state index in [9.17, 15) is 38.4 Å². The molecule has 2 fully saturated rings. The highest BCUT2D eigenvalue weighted by Gasteiger charge is 2.43. The fourth-order valence-electron chi connectivity index (χ4n) is 8.93. The monoisotopic (exact) mass is 1130 g/mol. The molecular weight excluding hydrogens is 1060 g/mol. The lowest BCUT2D eigenvalue weighted by Crippen LogP contribution is -2.60. The van der Waals surface area contributed by atoms with Crippen molar-refractivity contribution in [3.8, 4) is 0 Å². The van der Waals surface area contributed by atoms with Crippen LogP contribution in [0.15, 0.2) is 60.9 Å². The third-order valence-corrected chi connectivity index (χ3v) is 16.6. The molecule has 26 heteroatoms. The number of aromatic nitrogens is 4. The molecule has 4 heterocycles. The van der Waals surface area contributed by atoms with Gasteiger partial charge in [0.05, 0.1) is 38.5 Å². The van der Waals surface area contributed by atoms with Crippen LogP contribution in [-0.4, -0.2) is 204 Å². The van der Waals surface area contributed by atoms with Crippen LogP contribution >= 0.6 is 23.5 Å². The number of thioether (sulfide) groups is 2. The predicted octanol–water partition coefficient (Wildman–Crippen LogP) is 1.42. The lowest BCUT2D eigenvalue weighted by molar-refractivity contribution is -0.160. The van der Waals surface area contributed by atoms with Crippen LogP contribution in [0.25, 0.3) is 22.1 Å². The van der Waals surface area contributed by atoms with Crippen molar-refractivity contribution in [2.24, 2.45) is 11.8 Å². The lowest BCUT2D eigenvalue weighted by atomic mass is 10.0. The summed E-state index contributed by atoms with van der Waals surface area (Å²) in [6.45, 7) is 11.4. The van der Waals surface area contributed by atoms with Gasteiger partial charge in [0.25, 0.3) is 11.8 Å². The Bertz CT molecular complexity index is 2810. The van der Waals surface area contributed by atoms with E-state index in [1.807, 2.05) is 13.8 Å². The minimum Gasteiger partial charge on any atom is -0.461 e. The van der Waals surface area contributed by atoms with Gasteiger partial charge >= 0.3 is 11.9 Å². The number of carbonyl (C=O) groups is 10. The second-order valence-electron chi connectivity index (χ2n) is 20.5. The zero-order valence-electron chi connectivity index (χ0n) is 46.2. The molecule has 2 aliphatic heterocycles. The zero-order valence-corrected chi connectivity index (χ0v) is 47.8. The number of benzene rings is 2. The summed E-state index contributed by atoms with van der Waals surface area (Å²) >= 11 is 2.47. The summed E-state index contributed by atoms with van der Waals surface area (Å²) in [4.78, 5) is 166. The molecule has 0 unspecified atom stereocenters. The first-order valence-electron chi connectivity index (χ1n) is 25.5. The molecule has 24 nitrogen and oxygen atoms in total.